The first-order valence-electron chi connectivity index (χ1n) is 8.79. The van der Waals surface area contributed by atoms with E-state index in [1.54, 1.807) is 29.3 Å². The predicted molar refractivity (Wildman–Crippen MR) is 113 cm³/mol. The van der Waals surface area contributed by atoms with Gasteiger partial charge in [0, 0.05) is 25.9 Å². The van der Waals surface area contributed by atoms with Gasteiger partial charge < -0.3 is 10.6 Å². The zero-order valence-corrected chi connectivity index (χ0v) is 16.0. The minimum atomic E-state index is -0.0370. The largest absolute Gasteiger partial charge is 0.384 e. The molecule has 1 aliphatic carbocycles. The number of aryl methyl sites for hydroxylation is 2. The molecule has 2 aromatic carbocycles. The van der Waals surface area contributed by atoms with Crippen LogP contribution in [0.15, 0.2) is 54.7 Å². The fraction of sp³-hybridized carbons (Fsp3) is 0.182. The third-order valence-electron chi connectivity index (χ3n) is 4.98. The summed E-state index contributed by atoms with van der Waals surface area (Å²) in [4.78, 5) is 18.2. The maximum atomic E-state index is 12.5. The molecule has 1 amide bonds. The SMILES string of the molecule is CN(Cc1ccc2c3c(cccc13)CC2)C(=O)C=Cc1ccc(N)nc1.Cl. The van der Waals surface area contributed by atoms with E-state index in [0.29, 0.717) is 12.4 Å². The molecule has 5 heteroatoms. The van der Waals surface area contributed by atoms with Crippen LogP contribution in [0, 0.1) is 0 Å². The molecule has 2 N–H and O–H groups in total. The number of halogens is 1. The van der Waals surface area contributed by atoms with Gasteiger partial charge in [0.15, 0.2) is 0 Å². The molecule has 0 atom stereocenters. The molecule has 0 radical (unpaired) electrons. The number of pyridine rings is 1. The van der Waals surface area contributed by atoms with Crippen LogP contribution < -0.4 is 5.73 Å². The highest BCUT2D eigenvalue weighted by molar-refractivity contribution is 5.94. The van der Waals surface area contributed by atoms with Crippen LogP contribution in [0.1, 0.15) is 22.3 Å². The molecule has 4 rings (SSSR count). The lowest BCUT2D eigenvalue weighted by molar-refractivity contribution is -0.125. The molecule has 0 saturated heterocycles. The van der Waals surface area contributed by atoms with E-state index in [2.05, 4.69) is 35.3 Å². The number of hydrogen-bond donors (Lipinski definition) is 1. The highest BCUT2D eigenvalue weighted by Gasteiger charge is 2.16. The topological polar surface area (TPSA) is 59.2 Å². The van der Waals surface area contributed by atoms with Gasteiger partial charge in [-0.15, -0.1) is 12.4 Å². The Hall–Kier alpha value is -2.85. The number of carbonyl (C=O) groups excluding carboxylic acids is 1. The summed E-state index contributed by atoms with van der Waals surface area (Å²) in [5, 5.41) is 2.65. The van der Waals surface area contributed by atoms with Crippen LogP contribution in [0.4, 0.5) is 5.82 Å². The number of nitrogens with zero attached hydrogens (tertiary/aromatic N) is 2. The first kappa shape index (κ1) is 18.9. The Balaban J connectivity index is 0.00000210. The van der Waals surface area contributed by atoms with E-state index in [0.717, 1.165) is 18.4 Å². The van der Waals surface area contributed by atoms with Crippen molar-refractivity contribution >= 4 is 41.0 Å². The number of likely N-dealkylation sites (N-methyl/N-ethyl adjacent to an activating group) is 1. The molecule has 138 valence electrons. The normalized spacial score (nSPS) is 12.3. The van der Waals surface area contributed by atoms with Crippen LogP contribution in [0.5, 0.6) is 0 Å². The lowest BCUT2D eigenvalue weighted by Crippen LogP contribution is -2.24. The molecular formula is C22H22ClN3O. The number of nitrogen functional groups attached to an aromatic ring is 1. The summed E-state index contributed by atoms with van der Waals surface area (Å²) in [5.74, 6) is 0.433. The Kier molecular flexibility index (Phi) is 5.47. The number of amides is 1. The fourth-order valence-electron chi connectivity index (χ4n) is 3.59. The molecular weight excluding hydrogens is 358 g/mol. The van der Waals surface area contributed by atoms with Gasteiger partial charge in [-0.3, -0.25) is 4.79 Å². The summed E-state index contributed by atoms with van der Waals surface area (Å²) in [6.07, 6.45) is 7.22. The number of anilines is 1. The Morgan fingerprint density at radius 1 is 1.15 bits per heavy atom. The third-order valence-corrected chi connectivity index (χ3v) is 4.98. The molecule has 4 nitrogen and oxygen atoms in total. The van der Waals surface area contributed by atoms with E-state index >= 15 is 0 Å². The van der Waals surface area contributed by atoms with Crippen molar-refractivity contribution in [2.24, 2.45) is 0 Å². The molecule has 1 aromatic heterocycles. The van der Waals surface area contributed by atoms with Crippen molar-refractivity contribution in [2.75, 3.05) is 12.8 Å². The van der Waals surface area contributed by atoms with Crippen LogP contribution in [0.2, 0.25) is 0 Å². The van der Waals surface area contributed by atoms with Crippen molar-refractivity contribution < 1.29 is 4.79 Å². The number of aromatic nitrogens is 1. The summed E-state index contributed by atoms with van der Waals surface area (Å²) in [6, 6.07) is 14.4. The van der Waals surface area contributed by atoms with Crippen LogP contribution in [0.3, 0.4) is 0 Å². The zero-order valence-electron chi connectivity index (χ0n) is 15.2. The fourth-order valence-corrected chi connectivity index (χ4v) is 3.59. The molecule has 0 bridgehead atoms. The van der Waals surface area contributed by atoms with Crippen molar-refractivity contribution in [3.05, 3.63) is 77.0 Å². The molecule has 0 saturated carbocycles. The Bertz CT molecular complexity index is 1000. The molecule has 0 unspecified atom stereocenters. The van der Waals surface area contributed by atoms with Gasteiger partial charge in [0.25, 0.3) is 0 Å². The van der Waals surface area contributed by atoms with Crippen molar-refractivity contribution in [2.45, 2.75) is 19.4 Å². The van der Waals surface area contributed by atoms with E-state index in [1.165, 1.54) is 27.5 Å². The average Bonchev–Trinajstić information content (AvgIpc) is 3.08. The van der Waals surface area contributed by atoms with E-state index < -0.39 is 0 Å². The van der Waals surface area contributed by atoms with Gasteiger partial charge >= 0.3 is 0 Å². The van der Waals surface area contributed by atoms with Gasteiger partial charge in [-0.05, 0) is 64.1 Å². The predicted octanol–water partition coefficient (Wildman–Crippen LogP) is 4.01. The summed E-state index contributed by atoms with van der Waals surface area (Å²) in [6.45, 7) is 0.587. The standard InChI is InChI=1S/C22H21N3O.ClH/c1-25(21(26)12-6-15-5-11-20(23)24-13-15)14-18-10-9-17-8-7-16-3-2-4-19(18)22(16)17;/h2-6,9-13H,7-8,14H2,1H3,(H2,23,24);1H. The van der Waals surface area contributed by atoms with Crippen molar-refractivity contribution in [1.29, 1.82) is 0 Å². The van der Waals surface area contributed by atoms with Crippen molar-refractivity contribution in [3.63, 3.8) is 0 Å². The number of rotatable bonds is 4. The van der Waals surface area contributed by atoms with Gasteiger partial charge in [0.05, 0.1) is 0 Å². The summed E-state index contributed by atoms with van der Waals surface area (Å²) in [5.41, 5.74) is 10.5. The van der Waals surface area contributed by atoms with Crippen molar-refractivity contribution in [1.82, 2.24) is 9.88 Å². The van der Waals surface area contributed by atoms with E-state index in [-0.39, 0.29) is 18.3 Å². The van der Waals surface area contributed by atoms with Gasteiger partial charge in [0.1, 0.15) is 5.82 Å². The molecule has 0 aliphatic heterocycles. The molecule has 1 aliphatic rings. The number of hydrogen-bond acceptors (Lipinski definition) is 3. The Morgan fingerprint density at radius 2 is 1.93 bits per heavy atom. The second-order valence-electron chi connectivity index (χ2n) is 6.77. The zero-order chi connectivity index (χ0) is 18.1. The van der Waals surface area contributed by atoms with E-state index in [4.69, 9.17) is 5.73 Å². The molecule has 3 aromatic rings. The highest BCUT2D eigenvalue weighted by atomic mass is 35.5. The van der Waals surface area contributed by atoms with Gasteiger partial charge in [-0.25, -0.2) is 4.98 Å². The second kappa shape index (κ2) is 7.80. The maximum absolute atomic E-state index is 12.5. The lowest BCUT2D eigenvalue weighted by atomic mass is 9.99. The number of benzene rings is 2. The Morgan fingerprint density at radius 3 is 2.67 bits per heavy atom. The van der Waals surface area contributed by atoms with Crippen LogP contribution in [-0.2, 0) is 24.2 Å². The number of carbonyl (C=O) groups is 1. The lowest BCUT2D eigenvalue weighted by Gasteiger charge is -2.17. The average molecular weight is 380 g/mol. The Labute approximate surface area is 165 Å². The van der Waals surface area contributed by atoms with Crippen LogP contribution in [0.25, 0.3) is 16.8 Å². The van der Waals surface area contributed by atoms with Gasteiger partial charge in [-0.2, -0.15) is 0 Å². The molecule has 1 heterocycles. The van der Waals surface area contributed by atoms with Gasteiger partial charge in [0.2, 0.25) is 5.91 Å². The minimum Gasteiger partial charge on any atom is -0.384 e. The third kappa shape index (κ3) is 3.81. The summed E-state index contributed by atoms with van der Waals surface area (Å²) >= 11 is 0. The van der Waals surface area contributed by atoms with E-state index in [9.17, 15) is 4.79 Å². The molecule has 0 fully saturated rings. The van der Waals surface area contributed by atoms with Crippen LogP contribution >= 0.6 is 12.4 Å². The smallest absolute Gasteiger partial charge is 0.246 e. The summed E-state index contributed by atoms with van der Waals surface area (Å²) in [7, 11) is 1.83. The second-order valence-corrected chi connectivity index (χ2v) is 6.77. The highest BCUT2D eigenvalue weighted by Crippen LogP contribution is 2.33. The first-order chi connectivity index (χ1) is 12.6. The first-order valence-corrected chi connectivity index (χ1v) is 8.79. The molecule has 0 spiro atoms. The van der Waals surface area contributed by atoms with Gasteiger partial charge in [-0.1, -0.05) is 30.3 Å². The minimum absolute atomic E-state index is 0. The quantitative estimate of drug-likeness (QED) is 0.697. The molecule has 27 heavy (non-hydrogen) atoms. The summed E-state index contributed by atoms with van der Waals surface area (Å²) < 4.78 is 0. The number of nitrogens with two attached hydrogens (primary N) is 1. The van der Waals surface area contributed by atoms with Crippen LogP contribution in [-0.4, -0.2) is 22.8 Å². The van der Waals surface area contributed by atoms with E-state index in [1.807, 2.05) is 13.1 Å². The van der Waals surface area contributed by atoms with Crippen molar-refractivity contribution in [3.8, 4) is 0 Å². The maximum Gasteiger partial charge on any atom is 0.246 e. The monoisotopic (exact) mass is 379 g/mol.